The second-order valence-electron chi connectivity index (χ2n) is 3.27. The molecule has 78 valence electrons. The third-order valence-electron chi connectivity index (χ3n) is 1.46. The molecule has 1 heterocycles. The van der Waals surface area contributed by atoms with Gasteiger partial charge in [0, 0.05) is 6.26 Å². The van der Waals surface area contributed by atoms with Gasteiger partial charge in [-0.3, -0.25) is 0 Å². The summed E-state index contributed by atoms with van der Waals surface area (Å²) in [6.45, 7) is 3.79. The van der Waals surface area contributed by atoms with Crippen molar-refractivity contribution in [2.45, 2.75) is 25.0 Å². The summed E-state index contributed by atoms with van der Waals surface area (Å²) >= 11 is 0. The van der Waals surface area contributed by atoms with Crippen molar-refractivity contribution in [1.29, 1.82) is 0 Å². The highest BCUT2D eigenvalue weighted by Crippen LogP contribution is 2.13. The lowest BCUT2D eigenvalue weighted by molar-refractivity contribution is 0.241. The Labute approximate surface area is 83.8 Å². The Kier molecular flexibility index (Phi) is 3.10. The van der Waals surface area contributed by atoms with Gasteiger partial charge in [-0.25, -0.2) is 13.4 Å². The van der Waals surface area contributed by atoms with Crippen molar-refractivity contribution in [2.24, 2.45) is 0 Å². The number of sulfone groups is 1. The first-order valence-electron chi connectivity index (χ1n) is 4.22. The highest BCUT2D eigenvalue weighted by atomic mass is 32.2. The minimum atomic E-state index is -3.21. The molecule has 0 N–H and O–H groups in total. The Morgan fingerprint density at radius 3 is 2.36 bits per heavy atom. The predicted molar refractivity (Wildman–Crippen MR) is 53.1 cm³/mol. The molecule has 0 amide bonds. The Balaban J connectivity index is 2.90. The lowest BCUT2D eigenvalue weighted by atomic mass is 10.4. The molecule has 0 spiro atoms. The summed E-state index contributed by atoms with van der Waals surface area (Å²) in [7, 11) is -3.21. The fourth-order valence-corrected chi connectivity index (χ4v) is 1.49. The van der Waals surface area contributed by atoms with Crippen molar-refractivity contribution >= 4 is 9.84 Å². The zero-order valence-electron chi connectivity index (χ0n) is 8.39. The molecular formula is C9H13NO3S. The van der Waals surface area contributed by atoms with Crippen LogP contribution in [-0.4, -0.2) is 25.8 Å². The Bertz CT molecular complexity index is 395. The quantitative estimate of drug-likeness (QED) is 0.762. The molecule has 0 atom stereocenters. The normalized spacial score (nSPS) is 11.7. The standard InChI is InChI=1S/C9H13NO3S/c1-7(2)13-8-4-5-9(10-6-8)14(3,11)12/h4-7H,1-3H3. The first-order chi connectivity index (χ1) is 6.39. The van der Waals surface area contributed by atoms with Crippen LogP contribution >= 0.6 is 0 Å². The molecule has 1 rings (SSSR count). The first-order valence-corrected chi connectivity index (χ1v) is 6.11. The van der Waals surface area contributed by atoms with Gasteiger partial charge in [0.05, 0.1) is 12.3 Å². The Morgan fingerprint density at radius 1 is 1.36 bits per heavy atom. The smallest absolute Gasteiger partial charge is 0.192 e. The van der Waals surface area contributed by atoms with Gasteiger partial charge in [-0.05, 0) is 26.0 Å². The van der Waals surface area contributed by atoms with Crippen LogP contribution in [-0.2, 0) is 9.84 Å². The van der Waals surface area contributed by atoms with E-state index in [-0.39, 0.29) is 11.1 Å². The molecule has 1 aromatic heterocycles. The lowest BCUT2D eigenvalue weighted by Crippen LogP contribution is -2.06. The first kappa shape index (κ1) is 11.0. The molecule has 0 aliphatic rings. The minimum absolute atomic E-state index is 0.0564. The summed E-state index contributed by atoms with van der Waals surface area (Å²) in [4.78, 5) is 3.79. The summed E-state index contributed by atoms with van der Waals surface area (Å²) in [5.74, 6) is 0.576. The fraction of sp³-hybridized carbons (Fsp3) is 0.444. The molecule has 0 fully saturated rings. The molecule has 0 aliphatic heterocycles. The van der Waals surface area contributed by atoms with E-state index in [0.717, 1.165) is 6.26 Å². The summed E-state index contributed by atoms with van der Waals surface area (Å²) in [6, 6.07) is 3.04. The van der Waals surface area contributed by atoms with Crippen LogP contribution in [0, 0.1) is 0 Å². The van der Waals surface area contributed by atoms with Gasteiger partial charge in [-0.15, -0.1) is 0 Å². The zero-order valence-corrected chi connectivity index (χ0v) is 9.21. The molecule has 1 aromatic rings. The van der Waals surface area contributed by atoms with Crippen LogP contribution in [0.2, 0.25) is 0 Å². The van der Waals surface area contributed by atoms with Crippen molar-refractivity contribution in [3.8, 4) is 5.75 Å². The molecule has 5 heteroatoms. The van der Waals surface area contributed by atoms with Crippen LogP contribution in [0.1, 0.15) is 13.8 Å². The number of hydrogen-bond donors (Lipinski definition) is 0. The molecule has 0 unspecified atom stereocenters. The second-order valence-corrected chi connectivity index (χ2v) is 5.23. The fourth-order valence-electron chi connectivity index (χ4n) is 0.928. The van der Waals surface area contributed by atoms with E-state index in [0.29, 0.717) is 5.75 Å². The largest absolute Gasteiger partial charge is 0.489 e. The third-order valence-corrected chi connectivity index (χ3v) is 2.46. The molecule has 0 aromatic carbocycles. The van der Waals surface area contributed by atoms with Gasteiger partial charge in [0.2, 0.25) is 0 Å². The summed E-state index contributed by atoms with van der Waals surface area (Å²) in [6.07, 6.45) is 2.59. The maximum atomic E-state index is 11.1. The van der Waals surface area contributed by atoms with E-state index in [4.69, 9.17) is 4.74 Å². The molecule has 0 bridgehead atoms. The average Bonchev–Trinajstić information content (AvgIpc) is 2.02. The average molecular weight is 215 g/mol. The van der Waals surface area contributed by atoms with E-state index in [1.807, 2.05) is 13.8 Å². The van der Waals surface area contributed by atoms with Gasteiger partial charge in [-0.2, -0.15) is 0 Å². The van der Waals surface area contributed by atoms with Crippen molar-refractivity contribution in [2.75, 3.05) is 6.26 Å². The van der Waals surface area contributed by atoms with Gasteiger partial charge < -0.3 is 4.74 Å². The number of nitrogens with zero attached hydrogens (tertiary/aromatic N) is 1. The monoisotopic (exact) mass is 215 g/mol. The van der Waals surface area contributed by atoms with Crippen LogP contribution in [0.15, 0.2) is 23.4 Å². The topological polar surface area (TPSA) is 56.3 Å². The molecule has 0 radical (unpaired) electrons. The van der Waals surface area contributed by atoms with E-state index < -0.39 is 9.84 Å². The lowest BCUT2D eigenvalue weighted by Gasteiger charge is -2.08. The van der Waals surface area contributed by atoms with E-state index in [1.54, 1.807) is 6.07 Å². The number of rotatable bonds is 3. The molecule has 4 nitrogen and oxygen atoms in total. The van der Waals surface area contributed by atoms with Gasteiger partial charge in [0.25, 0.3) is 0 Å². The minimum Gasteiger partial charge on any atom is -0.489 e. The van der Waals surface area contributed by atoms with Crippen molar-refractivity contribution < 1.29 is 13.2 Å². The Morgan fingerprint density at radius 2 is 2.00 bits per heavy atom. The second kappa shape index (κ2) is 3.96. The van der Waals surface area contributed by atoms with Crippen LogP contribution in [0.3, 0.4) is 0 Å². The third kappa shape index (κ3) is 2.99. The zero-order chi connectivity index (χ0) is 10.8. The summed E-state index contributed by atoms with van der Waals surface area (Å²) in [5.41, 5.74) is 0. The molecule has 0 aliphatic carbocycles. The van der Waals surface area contributed by atoms with Gasteiger partial charge in [0.15, 0.2) is 14.9 Å². The van der Waals surface area contributed by atoms with Crippen molar-refractivity contribution in [3.63, 3.8) is 0 Å². The number of pyridine rings is 1. The van der Waals surface area contributed by atoms with E-state index in [9.17, 15) is 8.42 Å². The van der Waals surface area contributed by atoms with Gasteiger partial charge >= 0.3 is 0 Å². The summed E-state index contributed by atoms with van der Waals surface area (Å²) in [5, 5.41) is 0.0635. The van der Waals surface area contributed by atoms with Crippen LogP contribution in [0.25, 0.3) is 0 Å². The maximum absolute atomic E-state index is 11.1. The molecular weight excluding hydrogens is 202 g/mol. The van der Waals surface area contributed by atoms with Gasteiger partial charge in [-0.1, -0.05) is 0 Å². The van der Waals surface area contributed by atoms with Crippen LogP contribution < -0.4 is 4.74 Å². The van der Waals surface area contributed by atoms with Gasteiger partial charge in [0.1, 0.15) is 5.75 Å². The summed E-state index contributed by atoms with van der Waals surface area (Å²) < 4.78 is 27.5. The number of aromatic nitrogens is 1. The Hall–Kier alpha value is -1.10. The van der Waals surface area contributed by atoms with Crippen molar-refractivity contribution in [1.82, 2.24) is 4.98 Å². The van der Waals surface area contributed by atoms with Crippen molar-refractivity contribution in [3.05, 3.63) is 18.3 Å². The molecule has 0 saturated heterocycles. The highest BCUT2D eigenvalue weighted by Gasteiger charge is 2.08. The number of hydrogen-bond acceptors (Lipinski definition) is 4. The maximum Gasteiger partial charge on any atom is 0.192 e. The molecule has 0 saturated carbocycles. The van der Waals surface area contributed by atoms with E-state index in [2.05, 4.69) is 4.98 Å². The highest BCUT2D eigenvalue weighted by molar-refractivity contribution is 7.90. The predicted octanol–water partition coefficient (Wildman–Crippen LogP) is 1.27. The van der Waals surface area contributed by atoms with E-state index >= 15 is 0 Å². The van der Waals surface area contributed by atoms with E-state index in [1.165, 1.54) is 12.3 Å². The molecule has 14 heavy (non-hydrogen) atoms. The SMILES string of the molecule is CC(C)Oc1ccc(S(C)(=O)=O)nc1. The number of ether oxygens (including phenoxy) is 1. The van der Waals surface area contributed by atoms with Crippen LogP contribution in [0.5, 0.6) is 5.75 Å². The van der Waals surface area contributed by atoms with Crippen LogP contribution in [0.4, 0.5) is 0 Å².